The number of nitrogens with one attached hydrogen (secondary N) is 2. The largest absolute Gasteiger partial charge is 0.370 e. The molecule has 5 heteroatoms. The van der Waals surface area contributed by atoms with E-state index in [1.165, 1.54) is 11.1 Å². The van der Waals surface area contributed by atoms with E-state index in [1.54, 1.807) is 6.20 Å². The van der Waals surface area contributed by atoms with Crippen molar-refractivity contribution in [1.82, 2.24) is 14.9 Å². The molecule has 0 bridgehead atoms. The van der Waals surface area contributed by atoms with Crippen molar-refractivity contribution in [2.45, 2.75) is 33.2 Å². The predicted octanol–water partition coefficient (Wildman–Crippen LogP) is 3.59. The summed E-state index contributed by atoms with van der Waals surface area (Å²) < 4.78 is 0. The molecule has 2 rings (SSSR count). The summed E-state index contributed by atoms with van der Waals surface area (Å²) in [6.45, 7) is 7.26. The maximum Gasteiger partial charge on any atom is 0.229 e. The molecule has 124 valence electrons. The van der Waals surface area contributed by atoms with Crippen LogP contribution in [0.4, 0.5) is 17.5 Å². The Morgan fingerprint density at radius 1 is 1.17 bits per heavy atom. The second kappa shape index (κ2) is 7.92. The lowest BCUT2D eigenvalue weighted by atomic mass is 10.1. The molecule has 0 aliphatic carbocycles. The Morgan fingerprint density at radius 2 is 1.96 bits per heavy atom. The van der Waals surface area contributed by atoms with Gasteiger partial charge in [0.15, 0.2) is 0 Å². The summed E-state index contributed by atoms with van der Waals surface area (Å²) in [6, 6.07) is 8.75. The Labute approximate surface area is 139 Å². The van der Waals surface area contributed by atoms with E-state index in [0.717, 1.165) is 24.5 Å². The SMILES string of the molecule is Cc1ccc(C)c(Nc2nccc(NCCC(C)N(C)C)n2)c1. The molecule has 1 unspecified atom stereocenters. The van der Waals surface area contributed by atoms with Gasteiger partial charge in [0.25, 0.3) is 0 Å². The topological polar surface area (TPSA) is 53.1 Å². The quantitative estimate of drug-likeness (QED) is 0.818. The fraction of sp³-hybridized carbons (Fsp3) is 0.444. The molecule has 2 N–H and O–H groups in total. The number of anilines is 3. The molecule has 0 radical (unpaired) electrons. The average molecular weight is 313 g/mol. The van der Waals surface area contributed by atoms with Gasteiger partial charge in [-0.05, 0) is 64.5 Å². The molecule has 2 aromatic rings. The molecule has 0 amide bonds. The van der Waals surface area contributed by atoms with Crippen LogP contribution in [0.25, 0.3) is 0 Å². The van der Waals surface area contributed by atoms with Crippen LogP contribution in [0.15, 0.2) is 30.5 Å². The standard InChI is InChI=1S/C18H27N5/c1-13-6-7-14(2)16(12-13)21-18-20-11-9-17(22-18)19-10-8-15(3)23(4)5/h6-7,9,11-12,15H,8,10H2,1-5H3,(H2,19,20,21,22). The Kier molecular flexibility index (Phi) is 5.93. The molecule has 0 saturated carbocycles. The van der Waals surface area contributed by atoms with Crippen LogP contribution in [0, 0.1) is 13.8 Å². The second-order valence-electron chi connectivity index (χ2n) is 6.24. The van der Waals surface area contributed by atoms with Crippen molar-refractivity contribution >= 4 is 17.5 Å². The normalized spacial score (nSPS) is 12.3. The lowest BCUT2D eigenvalue weighted by Crippen LogP contribution is -2.26. The van der Waals surface area contributed by atoms with Crippen LogP contribution < -0.4 is 10.6 Å². The number of benzene rings is 1. The maximum atomic E-state index is 4.53. The summed E-state index contributed by atoms with van der Waals surface area (Å²) in [5.74, 6) is 1.46. The number of hydrogen-bond donors (Lipinski definition) is 2. The van der Waals surface area contributed by atoms with Crippen LogP contribution >= 0.6 is 0 Å². The summed E-state index contributed by atoms with van der Waals surface area (Å²) >= 11 is 0. The van der Waals surface area contributed by atoms with E-state index in [4.69, 9.17) is 0 Å². The molecule has 1 atom stereocenters. The van der Waals surface area contributed by atoms with E-state index in [9.17, 15) is 0 Å². The summed E-state index contributed by atoms with van der Waals surface area (Å²) in [5.41, 5.74) is 3.44. The van der Waals surface area contributed by atoms with Gasteiger partial charge in [0, 0.05) is 24.5 Å². The van der Waals surface area contributed by atoms with Gasteiger partial charge in [-0.15, -0.1) is 0 Å². The van der Waals surface area contributed by atoms with Crippen LogP contribution in [0.1, 0.15) is 24.5 Å². The van der Waals surface area contributed by atoms with Gasteiger partial charge < -0.3 is 15.5 Å². The molecule has 0 spiro atoms. The van der Waals surface area contributed by atoms with E-state index < -0.39 is 0 Å². The van der Waals surface area contributed by atoms with Gasteiger partial charge in [-0.25, -0.2) is 4.98 Å². The van der Waals surface area contributed by atoms with Crippen molar-refractivity contribution < 1.29 is 0 Å². The van der Waals surface area contributed by atoms with E-state index >= 15 is 0 Å². The third kappa shape index (κ3) is 5.21. The summed E-state index contributed by atoms with van der Waals surface area (Å²) in [4.78, 5) is 11.1. The first-order valence-electron chi connectivity index (χ1n) is 8.03. The van der Waals surface area contributed by atoms with Gasteiger partial charge in [0.2, 0.25) is 5.95 Å². The monoisotopic (exact) mass is 313 g/mol. The number of aromatic nitrogens is 2. The van der Waals surface area contributed by atoms with Crippen molar-refractivity contribution in [2.75, 3.05) is 31.3 Å². The van der Waals surface area contributed by atoms with Gasteiger partial charge in [-0.1, -0.05) is 12.1 Å². The first kappa shape index (κ1) is 17.2. The lowest BCUT2D eigenvalue weighted by molar-refractivity contribution is 0.304. The van der Waals surface area contributed by atoms with Crippen molar-refractivity contribution in [2.24, 2.45) is 0 Å². The van der Waals surface area contributed by atoms with Crippen LogP contribution in [0.3, 0.4) is 0 Å². The minimum atomic E-state index is 0.539. The molecular formula is C18H27N5. The second-order valence-corrected chi connectivity index (χ2v) is 6.24. The third-order valence-corrected chi connectivity index (χ3v) is 4.04. The lowest BCUT2D eigenvalue weighted by Gasteiger charge is -2.19. The minimum Gasteiger partial charge on any atom is -0.370 e. The third-order valence-electron chi connectivity index (χ3n) is 4.04. The summed E-state index contributed by atoms with van der Waals surface area (Å²) in [7, 11) is 4.20. The van der Waals surface area contributed by atoms with E-state index in [1.807, 2.05) is 6.07 Å². The Hall–Kier alpha value is -2.14. The number of aryl methyl sites for hydroxylation is 2. The number of rotatable bonds is 7. The average Bonchev–Trinajstić information content (AvgIpc) is 2.51. The van der Waals surface area contributed by atoms with Crippen LogP contribution in [-0.4, -0.2) is 41.5 Å². The Morgan fingerprint density at radius 3 is 2.70 bits per heavy atom. The Bertz CT molecular complexity index is 639. The molecule has 1 heterocycles. The van der Waals surface area contributed by atoms with Gasteiger partial charge >= 0.3 is 0 Å². The first-order chi connectivity index (χ1) is 11.0. The molecule has 0 fully saturated rings. The van der Waals surface area contributed by atoms with Crippen molar-refractivity contribution in [3.05, 3.63) is 41.6 Å². The van der Waals surface area contributed by atoms with Gasteiger partial charge in [-0.3, -0.25) is 0 Å². The van der Waals surface area contributed by atoms with Crippen LogP contribution in [0.5, 0.6) is 0 Å². The minimum absolute atomic E-state index is 0.539. The predicted molar refractivity (Wildman–Crippen MR) is 97.5 cm³/mol. The van der Waals surface area contributed by atoms with E-state index in [-0.39, 0.29) is 0 Å². The highest BCUT2D eigenvalue weighted by atomic mass is 15.1. The van der Waals surface area contributed by atoms with Gasteiger partial charge in [0.1, 0.15) is 5.82 Å². The maximum absolute atomic E-state index is 4.53. The summed E-state index contributed by atoms with van der Waals surface area (Å²) in [5, 5.41) is 6.67. The zero-order valence-corrected chi connectivity index (χ0v) is 14.7. The highest BCUT2D eigenvalue weighted by molar-refractivity contribution is 5.60. The van der Waals surface area contributed by atoms with Crippen LogP contribution in [0.2, 0.25) is 0 Å². The molecule has 0 aliphatic rings. The molecular weight excluding hydrogens is 286 g/mol. The fourth-order valence-electron chi connectivity index (χ4n) is 2.18. The zero-order chi connectivity index (χ0) is 16.8. The van der Waals surface area contributed by atoms with Gasteiger partial charge in [0.05, 0.1) is 0 Å². The molecule has 1 aromatic heterocycles. The molecule has 0 aliphatic heterocycles. The van der Waals surface area contributed by atoms with E-state index in [0.29, 0.717) is 12.0 Å². The Balaban J connectivity index is 1.98. The molecule has 23 heavy (non-hydrogen) atoms. The van der Waals surface area contributed by atoms with Crippen molar-refractivity contribution in [3.8, 4) is 0 Å². The summed E-state index contributed by atoms with van der Waals surface area (Å²) in [6.07, 6.45) is 2.84. The fourth-order valence-corrected chi connectivity index (χ4v) is 2.18. The highest BCUT2D eigenvalue weighted by Gasteiger charge is 2.05. The van der Waals surface area contributed by atoms with Gasteiger partial charge in [-0.2, -0.15) is 4.98 Å². The zero-order valence-electron chi connectivity index (χ0n) is 14.7. The first-order valence-corrected chi connectivity index (χ1v) is 8.03. The molecule has 1 aromatic carbocycles. The van der Waals surface area contributed by atoms with E-state index in [2.05, 4.69) is 78.6 Å². The smallest absolute Gasteiger partial charge is 0.229 e. The van der Waals surface area contributed by atoms with Crippen molar-refractivity contribution in [1.29, 1.82) is 0 Å². The van der Waals surface area contributed by atoms with Crippen LogP contribution in [-0.2, 0) is 0 Å². The molecule has 5 nitrogen and oxygen atoms in total. The van der Waals surface area contributed by atoms with Crippen molar-refractivity contribution in [3.63, 3.8) is 0 Å². The number of hydrogen-bond acceptors (Lipinski definition) is 5. The number of nitrogens with zero attached hydrogens (tertiary/aromatic N) is 3. The highest BCUT2D eigenvalue weighted by Crippen LogP contribution is 2.20. The molecule has 0 saturated heterocycles.